The number of fused-ring (bicyclic) bond motifs is 1. The maximum atomic E-state index is 12.5. The van der Waals surface area contributed by atoms with Crippen LogP contribution < -0.4 is 10.3 Å². The molecule has 0 fully saturated rings. The van der Waals surface area contributed by atoms with E-state index in [2.05, 4.69) is 9.82 Å². The van der Waals surface area contributed by atoms with Crippen LogP contribution in [-0.4, -0.2) is 24.5 Å². The van der Waals surface area contributed by atoms with Crippen molar-refractivity contribution < 1.29 is 8.42 Å². The molecule has 6 nitrogen and oxygen atoms in total. The molecule has 3 aromatic rings. The molecule has 23 heavy (non-hydrogen) atoms. The summed E-state index contributed by atoms with van der Waals surface area (Å²) in [5.74, 6) is 0. The van der Waals surface area contributed by atoms with Crippen molar-refractivity contribution in [2.45, 2.75) is 0 Å². The Hall–Kier alpha value is -2.67. The van der Waals surface area contributed by atoms with Gasteiger partial charge in [0.1, 0.15) is 0 Å². The lowest BCUT2D eigenvalue weighted by Gasteiger charge is -2.12. The molecule has 3 rings (SSSR count). The van der Waals surface area contributed by atoms with E-state index in [4.69, 9.17) is 0 Å². The van der Waals surface area contributed by atoms with E-state index in [0.717, 1.165) is 11.8 Å². The SMILES string of the molecule is Cn1nc(-c2ccccc2)c2cccc(NS(C)(=O)=O)c2c1=O. The highest BCUT2D eigenvalue weighted by Gasteiger charge is 2.15. The van der Waals surface area contributed by atoms with Gasteiger partial charge in [0.2, 0.25) is 10.0 Å². The zero-order valence-electron chi connectivity index (χ0n) is 12.6. The van der Waals surface area contributed by atoms with E-state index in [9.17, 15) is 13.2 Å². The molecule has 0 aliphatic carbocycles. The van der Waals surface area contributed by atoms with Gasteiger partial charge >= 0.3 is 0 Å². The van der Waals surface area contributed by atoms with E-state index in [1.54, 1.807) is 25.2 Å². The number of nitrogens with one attached hydrogen (secondary N) is 1. The maximum absolute atomic E-state index is 12.5. The molecule has 0 saturated carbocycles. The van der Waals surface area contributed by atoms with Gasteiger partial charge in [0.15, 0.2) is 0 Å². The highest BCUT2D eigenvalue weighted by atomic mass is 32.2. The summed E-state index contributed by atoms with van der Waals surface area (Å²) in [5.41, 5.74) is 1.38. The molecule has 0 aliphatic rings. The fourth-order valence-electron chi connectivity index (χ4n) is 2.49. The second-order valence-electron chi connectivity index (χ2n) is 5.25. The van der Waals surface area contributed by atoms with Crippen LogP contribution in [0.1, 0.15) is 0 Å². The van der Waals surface area contributed by atoms with Crippen LogP contribution in [0.2, 0.25) is 0 Å². The monoisotopic (exact) mass is 329 g/mol. The number of sulfonamides is 1. The topological polar surface area (TPSA) is 81.1 Å². The number of aryl methyl sites for hydroxylation is 1. The molecule has 0 atom stereocenters. The molecule has 7 heteroatoms. The first-order valence-corrected chi connectivity index (χ1v) is 8.79. The Morgan fingerprint density at radius 3 is 2.39 bits per heavy atom. The van der Waals surface area contributed by atoms with Gasteiger partial charge in [-0.2, -0.15) is 5.10 Å². The summed E-state index contributed by atoms with van der Waals surface area (Å²) >= 11 is 0. The molecule has 0 spiro atoms. The highest BCUT2D eigenvalue weighted by molar-refractivity contribution is 7.92. The number of benzene rings is 2. The van der Waals surface area contributed by atoms with E-state index >= 15 is 0 Å². The van der Waals surface area contributed by atoms with Gasteiger partial charge < -0.3 is 0 Å². The minimum absolute atomic E-state index is 0.255. The van der Waals surface area contributed by atoms with Gasteiger partial charge in [-0.1, -0.05) is 42.5 Å². The lowest BCUT2D eigenvalue weighted by atomic mass is 10.0. The van der Waals surface area contributed by atoms with Gasteiger partial charge in [-0.3, -0.25) is 9.52 Å². The summed E-state index contributed by atoms with van der Waals surface area (Å²) < 4.78 is 26.7. The first-order chi connectivity index (χ1) is 10.9. The van der Waals surface area contributed by atoms with Crippen LogP contribution in [0.4, 0.5) is 5.69 Å². The van der Waals surface area contributed by atoms with Crippen LogP contribution in [0, 0.1) is 0 Å². The Kier molecular flexibility index (Phi) is 3.65. The minimum Gasteiger partial charge on any atom is -0.283 e. The third kappa shape index (κ3) is 2.95. The van der Waals surface area contributed by atoms with Gasteiger partial charge in [-0.05, 0) is 6.07 Å². The van der Waals surface area contributed by atoms with Gasteiger partial charge in [0.05, 0.1) is 23.0 Å². The molecule has 118 valence electrons. The van der Waals surface area contributed by atoms with Crippen LogP contribution in [0.3, 0.4) is 0 Å². The normalized spacial score (nSPS) is 11.6. The molecule has 2 aromatic carbocycles. The highest BCUT2D eigenvalue weighted by Crippen LogP contribution is 2.28. The summed E-state index contributed by atoms with van der Waals surface area (Å²) in [6, 6.07) is 14.5. The summed E-state index contributed by atoms with van der Waals surface area (Å²) in [6.07, 6.45) is 1.05. The van der Waals surface area contributed by atoms with Crippen LogP contribution in [0.5, 0.6) is 0 Å². The Labute approximate surface area is 133 Å². The maximum Gasteiger partial charge on any atom is 0.276 e. The van der Waals surface area contributed by atoms with Gasteiger partial charge in [-0.15, -0.1) is 0 Å². The van der Waals surface area contributed by atoms with E-state index < -0.39 is 10.0 Å². The standard InChI is InChI=1S/C16H15N3O3S/c1-19-16(20)14-12(9-6-10-13(14)18-23(2,21)22)15(17-19)11-7-4-3-5-8-11/h3-10,18H,1-2H3. The van der Waals surface area contributed by atoms with Crippen LogP contribution in [0.25, 0.3) is 22.0 Å². The zero-order chi connectivity index (χ0) is 16.6. The summed E-state index contributed by atoms with van der Waals surface area (Å²) in [6.45, 7) is 0. The zero-order valence-corrected chi connectivity index (χ0v) is 13.5. The molecule has 0 bridgehead atoms. The Bertz CT molecular complexity index is 1040. The summed E-state index contributed by atoms with van der Waals surface area (Å²) in [4.78, 5) is 12.5. The van der Waals surface area contributed by atoms with Crippen LogP contribution >= 0.6 is 0 Å². The second kappa shape index (κ2) is 5.51. The van der Waals surface area contributed by atoms with Crippen LogP contribution in [-0.2, 0) is 17.1 Å². The fraction of sp³-hybridized carbons (Fsp3) is 0.125. The molecule has 0 amide bonds. The van der Waals surface area contributed by atoms with Crippen molar-refractivity contribution in [1.29, 1.82) is 0 Å². The first-order valence-electron chi connectivity index (χ1n) is 6.90. The number of hydrogen-bond donors (Lipinski definition) is 1. The number of aromatic nitrogens is 2. The Morgan fingerprint density at radius 1 is 1.04 bits per heavy atom. The largest absolute Gasteiger partial charge is 0.283 e. The molecule has 0 saturated heterocycles. The van der Waals surface area contributed by atoms with Crippen molar-refractivity contribution in [3.63, 3.8) is 0 Å². The van der Waals surface area contributed by atoms with Crippen molar-refractivity contribution >= 4 is 26.5 Å². The second-order valence-corrected chi connectivity index (χ2v) is 6.99. The molecule has 1 N–H and O–H groups in total. The van der Waals surface area contributed by atoms with Crippen LogP contribution in [0.15, 0.2) is 53.3 Å². The smallest absolute Gasteiger partial charge is 0.276 e. The lowest BCUT2D eigenvalue weighted by molar-refractivity contribution is 0.607. The Balaban J connectivity index is 2.40. The van der Waals surface area contributed by atoms with E-state index in [1.165, 1.54) is 4.68 Å². The van der Waals surface area contributed by atoms with E-state index in [0.29, 0.717) is 16.5 Å². The van der Waals surface area contributed by atoms with Crippen molar-refractivity contribution in [3.05, 3.63) is 58.9 Å². The number of nitrogens with zero attached hydrogens (tertiary/aromatic N) is 2. The predicted molar refractivity (Wildman–Crippen MR) is 90.9 cm³/mol. The predicted octanol–water partition coefficient (Wildman–Crippen LogP) is 1.97. The molecular formula is C16H15N3O3S. The summed E-state index contributed by atoms with van der Waals surface area (Å²) in [5, 5.41) is 5.24. The third-order valence-corrected chi connectivity index (χ3v) is 4.01. The molecular weight excluding hydrogens is 314 g/mol. The molecule has 0 radical (unpaired) electrons. The molecule has 0 unspecified atom stereocenters. The summed E-state index contributed by atoms with van der Waals surface area (Å²) in [7, 11) is -1.95. The van der Waals surface area contributed by atoms with Gasteiger partial charge in [0, 0.05) is 18.0 Å². The van der Waals surface area contributed by atoms with Gasteiger partial charge in [0.25, 0.3) is 5.56 Å². The van der Waals surface area contributed by atoms with Crippen molar-refractivity contribution in [1.82, 2.24) is 9.78 Å². The van der Waals surface area contributed by atoms with E-state index in [1.807, 2.05) is 30.3 Å². The quantitative estimate of drug-likeness (QED) is 0.796. The molecule has 1 heterocycles. The van der Waals surface area contributed by atoms with Crippen molar-refractivity contribution in [3.8, 4) is 11.3 Å². The average Bonchev–Trinajstić information content (AvgIpc) is 2.50. The minimum atomic E-state index is -3.49. The Morgan fingerprint density at radius 2 is 1.74 bits per heavy atom. The lowest BCUT2D eigenvalue weighted by Crippen LogP contribution is -2.22. The third-order valence-electron chi connectivity index (χ3n) is 3.42. The average molecular weight is 329 g/mol. The number of hydrogen-bond acceptors (Lipinski definition) is 4. The van der Waals surface area contributed by atoms with Crippen molar-refractivity contribution in [2.75, 3.05) is 11.0 Å². The van der Waals surface area contributed by atoms with Gasteiger partial charge in [-0.25, -0.2) is 13.1 Å². The van der Waals surface area contributed by atoms with Crippen molar-refractivity contribution in [2.24, 2.45) is 7.05 Å². The number of rotatable bonds is 3. The number of anilines is 1. The first kappa shape index (κ1) is 15.2. The van der Waals surface area contributed by atoms with E-state index in [-0.39, 0.29) is 11.2 Å². The molecule has 1 aromatic heterocycles. The molecule has 0 aliphatic heterocycles. The fourth-order valence-corrected chi connectivity index (χ4v) is 3.05.